The van der Waals surface area contributed by atoms with Gasteiger partial charge in [0.15, 0.2) is 5.82 Å². The molecule has 0 fully saturated rings. The van der Waals surface area contributed by atoms with Crippen LogP contribution in [0.5, 0.6) is 0 Å². The lowest BCUT2D eigenvalue weighted by Crippen LogP contribution is -2.20. The van der Waals surface area contributed by atoms with E-state index in [4.69, 9.17) is 11.6 Å². The van der Waals surface area contributed by atoms with Gasteiger partial charge in [-0.3, -0.25) is 0 Å². The summed E-state index contributed by atoms with van der Waals surface area (Å²) >= 11 is 5.83. The number of carboxylic acid groups (broad SMARTS) is 1. The van der Waals surface area contributed by atoms with Gasteiger partial charge < -0.3 is 5.11 Å². The molecular weight excluding hydrogens is 268 g/mol. The zero-order valence-corrected chi connectivity index (χ0v) is 11.5. The molecule has 100 valence electrons. The molecule has 1 aromatic heterocycles. The van der Waals surface area contributed by atoms with E-state index in [-0.39, 0.29) is 11.0 Å². The smallest absolute Gasteiger partial charge is 0.337 e. The van der Waals surface area contributed by atoms with Crippen LogP contribution in [0.2, 0.25) is 5.02 Å². The number of carbonyl (C=O) groups is 1. The molecule has 0 aliphatic heterocycles. The molecule has 0 unspecified atom stereocenters. The molecule has 19 heavy (non-hydrogen) atoms. The summed E-state index contributed by atoms with van der Waals surface area (Å²) in [5, 5.41) is 21.1. The Balaban J connectivity index is 2.67. The second kappa shape index (κ2) is 4.62. The number of hydrogen-bond donors (Lipinski definition) is 1. The lowest BCUT2D eigenvalue weighted by molar-refractivity contribution is 0.0696. The van der Waals surface area contributed by atoms with Gasteiger partial charge in [-0.15, -0.1) is 5.10 Å². The first-order valence-corrected chi connectivity index (χ1v) is 6.00. The zero-order chi connectivity index (χ0) is 14.2. The van der Waals surface area contributed by atoms with E-state index in [0.29, 0.717) is 16.5 Å². The van der Waals surface area contributed by atoms with E-state index in [0.717, 1.165) is 0 Å². The average Bonchev–Trinajstić information content (AvgIpc) is 2.77. The molecule has 2 aromatic rings. The van der Waals surface area contributed by atoms with Crippen LogP contribution in [0.15, 0.2) is 18.2 Å². The van der Waals surface area contributed by atoms with Gasteiger partial charge in [0, 0.05) is 10.4 Å². The number of tetrazole rings is 1. The number of aromatic carboxylic acids is 1. The third-order valence-electron chi connectivity index (χ3n) is 2.56. The molecule has 1 N–H and O–H groups in total. The Morgan fingerprint density at radius 1 is 1.37 bits per heavy atom. The van der Waals surface area contributed by atoms with Crippen molar-refractivity contribution in [3.63, 3.8) is 0 Å². The highest BCUT2D eigenvalue weighted by Gasteiger charge is 2.25. The van der Waals surface area contributed by atoms with Crippen LogP contribution in [-0.2, 0) is 5.41 Å². The summed E-state index contributed by atoms with van der Waals surface area (Å²) in [7, 11) is 0. The van der Waals surface area contributed by atoms with Crippen molar-refractivity contribution >= 4 is 17.6 Å². The predicted octanol–water partition coefficient (Wildman–Crippen LogP) is 2.31. The highest BCUT2D eigenvalue weighted by Crippen LogP contribution is 2.25. The third kappa shape index (κ3) is 2.58. The number of halogens is 1. The Morgan fingerprint density at radius 2 is 2.05 bits per heavy atom. The first kappa shape index (κ1) is 13.5. The van der Waals surface area contributed by atoms with Crippen LogP contribution in [0.25, 0.3) is 5.69 Å². The van der Waals surface area contributed by atoms with Gasteiger partial charge in [0.25, 0.3) is 0 Å². The van der Waals surface area contributed by atoms with Gasteiger partial charge in [-0.1, -0.05) is 32.4 Å². The van der Waals surface area contributed by atoms with Gasteiger partial charge >= 0.3 is 5.97 Å². The van der Waals surface area contributed by atoms with Crippen molar-refractivity contribution in [1.29, 1.82) is 0 Å². The molecule has 2 rings (SSSR count). The minimum Gasteiger partial charge on any atom is -0.478 e. The number of benzene rings is 1. The minimum absolute atomic E-state index is 0.0605. The predicted molar refractivity (Wildman–Crippen MR) is 69.8 cm³/mol. The SMILES string of the molecule is CC(C)(C)c1nnnn1-c1ccc(Cl)cc1C(=O)O. The number of carboxylic acids is 1. The first-order chi connectivity index (χ1) is 8.80. The second-order valence-electron chi connectivity index (χ2n) is 5.13. The van der Waals surface area contributed by atoms with E-state index in [1.165, 1.54) is 10.7 Å². The Hall–Kier alpha value is -1.95. The van der Waals surface area contributed by atoms with Gasteiger partial charge in [-0.05, 0) is 28.6 Å². The molecule has 0 atom stereocenters. The van der Waals surface area contributed by atoms with Crippen LogP contribution in [-0.4, -0.2) is 31.3 Å². The van der Waals surface area contributed by atoms with E-state index < -0.39 is 5.97 Å². The van der Waals surface area contributed by atoms with Crippen LogP contribution in [0.1, 0.15) is 37.0 Å². The Kier molecular flexibility index (Phi) is 3.28. The fraction of sp³-hybridized carbons (Fsp3) is 0.333. The number of aromatic nitrogens is 4. The molecule has 0 amide bonds. The molecule has 0 aliphatic carbocycles. The highest BCUT2D eigenvalue weighted by atomic mass is 35.5. The molecule has 1 heterocycles. The van der Waals surface area contributed by atoms with Crippen molar-refractivity contribution in [2.45, 2.75) is 26.2 Å². The summed E-state index contributed by atoms with van der Waals surface area (Å²) in [5.74, 6) is -0.495. The van der Waals surface area contributed by atoms with Gasteiger partial charge in [-0.25, -0.2) is 4.79 Å². The Bertz CT molecular complexity index is 631. The summed E-state index contributed by atoms with van der Waals surface area (Å²) in [4.78, 5) is 11.3. The second-order valence-corrected chi connectivity index (χ2v) is 5.57. The Morgan fingerprint density at radius 3 is 2.63 bits per heavy atom. The first-order valence-electron chi connectivity index (χ1n) is 5.63. The minimum atomic E-state index is -1.08. The Labute approximate surface area is 115 Å². The van der Waals surface area contributed by atoms with Crippen molar-refractivity contribution in [1.82, 2.24) is 20.2 Å². The van der Waals surface area contributed by atoms with Crippen molar-refractivity contribution < 1.29 is 9.90 Å². The molecule has 6 nitrogen and oxygen atoms in total. The normalized spacial score (nSPS) is 11.6. The molecule has 0 saturated carbocycles. The fourth-order valence-electron chi connectivity index (χ4n) is 1.68. The summed E-state index contributed by atoms with van der Waals surface area (Å²) in [6.45, 7) is 5.85. The van der Waals surface area contributed by atoms with Gasteiger partial charge in [-0.2, -0.15) is 4.68 Å². The summed E-state index contributed by atoms with van der Waals surface area (Å²) in [6, 6.07) is 4.59. The van der Waals surface area contributed by atoms with E-state index in [2.05, 4.69) is 15.5 Å². The third-order valence-corrected chi connectivity index (χ3v) is 2.79. The molecule has 0 saturated heterocycles. The fourth-order valence-corrected chi connectivity index (χ4v) is 1.85. The van der Waals surface area contributed by atoms with E-state index >= 15 is 0 Å². The molecule has 7 heteroatoms. The molecule has 0 aliphatic rings. The lowest BCUT2D eigenvalue weighted by atomic mass is 9.95. The van der Waals surface area contributed by atoms with Crippen molar-refractivity contribution in [2.75, 3.05) is 0 Å². The van der Waals surface area contributed by atoms with Gasteiger partial charge in [0.2, 0.25) is 0 Å². The van der Waals surface area contributed by atoms with E-state index in [1.54, 1.807) is 12.1 Å². The molecule has 0 spiro atoms. The standard InChI is InChI=1S/C12H13ClN4O2/c1-12(2,3)11-14-15-16-17(11)9-5-4-7(13)6-8(9)10(18)19/h4-6H,1-3H3,(H,18,19). The van der Waals surface area contributed by atoms with Gasteiger partial charge in [0.1, 0.15) is 0 Å². The number of hydrogen-bond acceptors (Lipinski definition) is 4. The highest BCUT2D eigenvalue weighted by molar-refractivity contribution is 6.31. The maximum Gasteiger partial charge on any atom is 0.337 e. The van der Waals surface area contributed by atoms with Crippen molar-refractivity contribution in [2.24, 2.45) is 0 Å². The average molecular weight is 281 g/mol. The number of rotatable bonds is 2. The van der Waals surface area contributed by atoms with Crippen LogP contribution < -0.4 is 0 Å². The summed E-state index contributed by atoms with van der Waals surface area (Å²) in [5.41, 5.74) is 0.149. The number of nitrogens with zero attached hydrogens (tertiary/aromatic N) is 4. The van der Waals surface area contributed by atoms with Crippen LogP contribution in [0, 0.1) is 0 Å². The molecular formula is C12H13ClN4O2. The van der Waals surface area contributed by atoms with Crippen LogP contribution in [0.4, 0.5) is 0 Å². The summed E-state index contributed by atoms with van der Waals surface area (Å²) < 4.78 is 1.43. The largest absolute Gasteiger partial charge is 0.478 e. The molecule has 0 radical (unpaired) electrons. The topological polar surface area (TPSA) is 80.9 Å². The van der Waals surface area contributed by atoms with Crippen molar-refractivity contribution in [3.05, 3.63) is 34.6 Å². The van der Waals surface area contributed by atoms with Crippen LogP contribution in [0.3, 0.4) is 0 Å². The maximum absolute atomic E-state index is 11.3. The summed E-state index contributed by atoms with van der Waals surface area (Å²) in [6.07, 6.45) is 0. The van der Waals surface area contributed by atoms with Crippen molar-refractivity contribution in [3.8, 4) is 5.69 Å². The lowest BCUT2D eigenvalue weighted by Gasteiger charge is -2.17. The zero-order valence-electron chi connectivity index (χ0n) is 10.8. The molecule has 0 bridgehead atoms. The quantitative estimate of drug-likeness (QED) is 0.913. The van der Waals surface area contributed by atoms with Crippen LogP contribution >= 0.6 is 11.6 Å². The van der Waals surface area contributed by atoms with Gasteiger partial charge in [0.05, 0.1) is 11.3 Å². The van der Waals surface area contributed by atoms with E-state index in [9.17, 15) is 9.90 Å². The maximum atomic E-state index is 11.3. The molecule has 1 aromatic carbocycles. The monoisotopic (exact) mass is 280 g/mol. The van der Waals surface area contributed by atoms with E-state index in [1.807, 2.05) is 20.8 Å².